The first kappa shape index (κ1) is 17.1. The van der Waals surface area contributed by atoms with Crippen LogP contribution < -0.4 is 5.56 Å². The standard InChI is InChI=1S/C19H21N3O3/c1-3-12(2)16(23)19(25)22-10-9-14-15(11-22)20-17(21-18(14)24)13-7-5-4-6-8-13/h4-8,12H,3,9-11H2,1-2H3,(H,20,21,24)/t12-/m0/s1. The van der Waals surface area contributed by atoms with Gasteiger partial charge in [-0.2, -0.15) is 0 Å². The molecule has 0 radical (unpaired) electrons. The highest BCUT2D eigenvalue weighted by molar-refractivity contribution is 6.36. The van der Waals surface area contributed by atoms with Gasteiger partial charge in [-0.3, -0.25) is 14.4 Å². The van der Waals surface area contributed by atoms with E-state index in [0.29, 0.717) is 36.5 Å². The minimum Gasteiger partial charge on any atom is -0.330 e. The number of rotatable bonds is 4. The van der Waals surface area contributed by atoms with E-state index >= 15 is 0 Å². The van der Waals surface area contributed by atoms with E-state index in [0.717, 1.165) is 5.56 Å². The van der Waals surface area contributed by atoms with Gasteiger partial charge in [-0.05, 0) is 12.8 Å². The van der Waals surface area contributed by atoms with Crippen LogP contribution in [0.3, 0.4) is 0 Å². The Kier molecular flexibility index (Phi) is 4.79. The molecule has 1 N–H and O–H groups in total. The number of H-pyrrole nitrogens is 1. The lowest BCUT2D eigenvalue weighted by atomic mass is 10.0. The van der Waals surface area contributed by atoms with E-state index in [1.165, 1.54) is 4.90 Å². The van der Waals surface area contributed by atoms with Crippen molar-refractivity contribution >= 4 is 11.7 Å². The van der Waals surface area contributed by atoms with Gasteiger partial charge in [0.1, 0.15) is 5.82 Å². The number of nitrogens with one attached hydrogen (secondary N) is 1. The second kappa shape index (κ2) is 7.01. The maximum atomic E-state index is 12.4. The maximum absolute atomic E-state index is 12.4. The Balaban J connectivity index is 1.90. The summed E-state index contributed by atoms with van der Waals surface area (Å²) < 4.78 is 0. The topological polar surface area (TPSA) is 83.1 Å². The van der Waals surface area contributed by atoms with Crippen molar-refractivity contribution in [2.24, 2.45) is 5.92 Å². The van der Waals surface area contributed by atoms with Crippen molar-refractivity contribution in [3.63, 3.8) is 0 Å². The molecular weight excluding hydrogens is 318 g/mol. The van der Waals surface area contributed by atoms with Crippen LogP contribution >= 0.6 is 0 Å². The Labute approximate surface area is 145 Å². The molecule has 3 rings (SSSR count). The molecule has 1 aliphatic rings. The number of hydrogen-bond donors (Lipinski definition) is 1. The van der Waals surface area contributed by atoms with Gasteiger partial charge in [0.25, 0.3) is 11.5 Å². The van der Waals surface area contributed by atoms with E-state index < -0.39 is 5.91 Å². The van der Waals surface area contributed by atoms with Gasteiger partial charge < -0.3 is 9.88 Å². The fraction of sp³-hybridized carbons (Fsp3) is 0.368. The molecule has 25 heavy (non-hydrogen) atoms. The van der Waals surface area contributed by atoms with Crippen LogP contribution in [0, 0.1) is 5.92 Å². The number of ketones is 1. The van der Waals surface area contributed by atoms with E-state index in [1.54, 1.807) is 6.92 Å². The predicted octanol–water partition coefficient (Wildman–Crippen LogP) is 1.94. The van der Waals surface area contributed by atoms with Crippen molar-refractivity contribution in [2.75, 3.05) is 6.54 Å². The van der Waals surface area contributed by atoms with Crippen LogP contribution in [0.4, 0.5) is 0 Å². The molecule has 1 aromatic carbocycles. The summed E-state index contributed by atoms with van der Waals surface area (Å²) in [5.74, 6) is -0.671. The smallest absolute Gasteiger partial charge is 0.290 e. The summed E-state index contributed by atoms with van der Waals surface area (Å²) >= 11 is 0. The van der Waals surface area contributed by atoms with Crippen molar-refractivity contribution in [3.8, 4) is 11.4 Å². The van der Waals surface area contributed by atoms with Crippen molar-refractivity contribution in [3.05, 3.63) is 51.9 Å². The van der Waals surface area contributed by atoms with Crippen LogP contribution in [-0.2, 0) is 22.6 Å². The lowest BCUT2D eigenvalue weighted by Crippen LogP contribution is -2.43. The number of carbonyl (C=O) groups excluding carboxylic acids is 2. The Morgan fingerprint density at radius 2 is 2.00 bits per heavy atom. The van der Waals surface area contributed by atoms with E-state index in [4.69, 9.17) is 0 Å². The summed E-state index contributed by atoms with van der Waals surface area (Å²) in [6.45, 7) is 4.20. The van der Waals surface area contributed by atoms with Gasteiger partial charge in [-0.1, -0.05) is 44.2 Å². The number of hydrogen-bond acceptors (Lipinski definition) is 4. The van der Waals surface area contributed by atoms with Gasteiger partial charge >= 0.3 is 0 Å². The molecule has 6 nitrogen and oxygen atoms in total. The van der Waals surface area contributed by atoms with Gasteiger partial charge in [-0.15, -0.1) is 0 Å². The van der Waals surface area contributed by atoms with Crippen LogP contribution in [0.25, 0.3) is 11.4 Å². The van der Waals surface area contributed by atoms with Gasteiger partial charge in [0.05, 0.1) is 12.2 Å². The number of benzene rings is 1. The van der Waals surface area contributed by atoms with Crippen LogP contribution in [0.5, 0.6) is 0 Å². The average Bonchev–Trinajstić information content (AvgIpc) is 2.66. The normalized spacial score (nSPS) is 14.7. The summed E-state index contributed by atoms with van der Waals surface area (Å²) in [7, 11) is 0. The van der Waals surface area contributed by atoms with Crippen molar-refractivity contribution in [1.82, 2.24) is 14.9 Å². The first-order chi connectivity index (χ1) is 12.0. The highest BCUT2D eigenvalue weighted by atomic mass is 16.2. The molecule has 1 atom stereocenters. The molecule has 0 spiro atoms. The maximum Gasteiger partial charge on any atom is 0.290 e. The summed E-state index contributed by atoms with van der Waals surface area (Å²) in [6, 6.07) is 9.36. The average molecular weight is 339 g/mol. The second-order valence-electron chi connectivity index (χ2n) is 6.36. The zero-order valence-corrected chi connectivity index (χ0v) is 14.4. The van der Waals surface area contributed by atoms with E-state index in [1.807, 2.05) is 37.3 Å². The minimum atomic E-state index is -0.483. The van der Waals surface area contributed by atoms with Crippen molar-refractivity contribution in [1.29, 1.82) is 0 Å². The van der Waals surface area contributed by atoms with Crippen molar-refractivity contribution in [2.45, 2.75) is 33.2 Å². The second-order valence-corrected chi connectivity index (χ2v) is 6.36. The zero-order valence-electron chi connectivity index (χ0n) is 14.4. The van der Waals surface area contributed by atoms with Gasteiger partial charge in [0.15, 0.2) is 0 Å². The molecule has 1 aliphatic heterocycles. The number of amides is 1. The highest BCUT2D eigenvalue weighted by Crippen LogP contribution is 2.19. The number of fused-ring (bicyclic) bond motifs is 1. The number of aromatic amines is 1. The zero-order chi connectivity index (χ0) is 18.0. The summed E-state index contributed by atoms with van der Waals surface area (Å²) in [4.78, 5) is 45.8. The molecule has 0 saturated carbocycles. The molecule has 1 aromatic heterocycles. The quantitative estimate of drug-likeness (QED) is 0.863. The lowest BCUT2D eigenvalue weighted by Gasteiger charge is -2.28. The molecule has 2 aromatic rings. The summed E-state index contributed by atoms with van der Waals surface area (Å²) in [5.41, 5.74) is 1.80. The molecular formula is C19H21N3O3. The molecule has 0 unspecified atom stereocenters. The summed E-state index contributed by atoms with van der Waals surface area (Å²) in [5, 5.41) is 0. The minimum absolute atomic E-state index is 0.177. The summed E-state index contributed by atoms with van der Waals surface area (Å²) in [6.07, 6.45) is 1.04. The molecule has 0 bridgehead atoms. The Hall–Kier alpha value is -2.76. The van der Waals surface area contributed by atoms with Crippen LogP contribution in [0.2, 0.25) is 0 Å². The number of Topliss-reactive ketones (excluding diaryl/α,β-unsaturated/α-hetero) is 1. The number of aromatic nitrogens is 2. The number of carbonyl (C=O) groups is 2. The van der Waals surface area contributed by atoms with Gasteiger partial charge in [0.2, 0.25) is 5.78 Å². The highest BCUT2D eigenvalue weighted by Gasteiger charge is 2.30. The Morgan fingerprint density at radius 3 is 2.68 bits per heavy atom. The Bertz CT molecular complexity index is 858. The molecule has 130 valence electrons. The molecule has 1 amide bonds. The number of nitrogens with zero attached hydrogens (tertiary/aromatic N) is 2. The third-order valence-corrected chi connectivity index (χ3v) is 4.68. The van der Waals surface area contributed by atoms with Crippen LogP contribution in [-0.4, -0.2) is 33.1 Å². The molecule has 0 aliphatic carbocycles. The molecule has 0 saturated heterocycles. The SMILES string of the molecule is CC[C@H](C)C(=O)C(=O)N1CCc2c(nc(-c3ccccc3)[nH]c2=O)C1. The van der Waals surface area contributed by atoms with Crippen molar-refractivity contribution < 1.29 is 9.59 Å². The fourth-order valence-electron chi connectivity index (χ4n) is 2.90. The lowest BCUT2D eigenvalue weighted by molar-refractivity contribution is -0.147. The first-order valence-electron chi connectivity index (χ1n) is 8.51. The molecule has 6 heteroatoms. The molecule has 0 fully saturated rings. The fourth-order valence-corrected chi connectivity index (χ4v) is 2.90. The van der Waals surface area contributed by atoms with E-state index in [2.05, 4.69) is 9.97 Å². The van der Waals surface area contributed by atoms with Crippen LogP contribution in [0.1, 0.15) is 31.5 Å². The largest absolute Gasteiger partial charge is 0.330 e. The monoisotopic (exact) mass is 339 g/mol. The predicted molar refractivity (Wildman–Crippen MR) is 93.9 cm³/mol. The van der Waals surface area contributed by atoms with Gasteiger partial charge in [0, 0.05) is 23.6 Å². The molecule has 2 heterocycles. The third-order valence-electron chi connectivity index (χ3n) is 4.68. The Morgan fingerprint density at radius 1 is 1.28 bits per heavy atom. The van der Waals surface area contributed by atoms with Gasteiger partial charge in [-0.25, -0.2) is 4.98 Å². The van der Waals surface area contributed by atoms with Crippen LogP contribution in [0.15, 0.2) is 35.1 Å². The third kappa shape index (κ3) is 3.38. The van der Waals surface area contributed by atoms with E-state index in [-0.39, 0.29) is 23.8 Å². The van der Waals surface area contributed by atoms with E-state index in [9.17, 15) is 14.4 Å². The first-order valence-corrected chi connectivity index (χ1v) is 8.51.